The van der Waals surface area contributed by atoms with E-state index in [2.05, 4.69) is 6.92 Å². The molecule has 0 radical (unpaired) electrons. The van der Waals surface area contributed by atoms with E-state index in [1.54, 1.807) is 7.11 Å². The topological polar surface area (TPSA) is 38.7 Å². The van der Waals surface area contributed by atoms with Crippen molar-refractivity contribution in [3.8, 4) is 5.75 Å². The molecule has 21 heavy (non-hydrogen) atoms. The number of para-hydroxylation sites is 1. The second-order valence-electron chi connectivity index (χ2n) is 6.07. The third kappa shape index (κ3) is 4.21. The second kappa shape index (κ2) is 7.81. The van der Waals surface area contributed by atoms with E-state index in [9.17, 15) is 5.11 Å². The van der Waals surface area contributed by atoms with Crippen LogP contribution in [0.2, 0.25) is 0 Å². The van der Waals surface area contributed by atoms with E-state index in [0.29, 0.717) is 13.2 Å². The molecule has 1 saturated carbocycles. The summed E-state index contributed by atoms with van der Waals surface area (Å²) in [5, 5.41) is 11.2. The van der Waals surface area contributed by atoms with Crippen LogP contribution in [0.15, 0.2) is 24.3 Å². The lowest BCUT2D eigenvalue weighted by Gasteiger charge is -2.29. The van der Waals surface area contributed by atoms with Gasteiger partial charge in [0.15, 0.2) is 0 Å². The van der Waals surface area contributed by atoms with Crippen molar-refractivity contribution in [1.82, 2.24) is 0 Å². The fraction of sp³-hybridized carbons (Fsp3) is 0.667. The Morgan fingerprint density at radius 2 is 2.00 bits per heavy atom. The average molecular weight is 292 g/mol. The van der Waals surface area contributed by atoms with Gasteiger partial charge in [-0.3, -0.25) is 0 Å². The van der Waals surface area contributed by atoms with Crippen molar-refractivity contribution in [1.29, 1.82) is 0 Å². The first-order valence-electron chi connectivity index (χ1n) is 8.13. The summed E-state index contributed by atoms with van der Waals surface area (Å²) in [7, 11) is 1.67. The van der Waals surface area contributed by atoms with Gasteiger partial charge in [-0.15, -0.1) is 0 Å². The predicted molar refractivity (Wildman–Crippen MR) is 84.6 cm³/mol. The highest BCUT2D eigenvalue weighted by molar-refractivity contribution is 5.38. The zero-order chi connectivity index (χ0) is 15.1. The molecule has 0 spiro atoms. The zero-order valence-corrected chi connectivity index (χ0v) is 13.3. The maximum atomic E-state index is 11.2. The Morgan fingerprint density at radius 3 is 2.76 bits per heavy atom. The minimum Gasteiger partial charge on any atom is -0.491 e. The van der Waals surface area contributed by atoms with Gasteiger partial charge in [-0.1, -0.05) is 38.0 Å². The lowest BCUT2D eigenvalue weighted by Crippen LogP contribution is -2.26. The van der Waals surface area contributed by atoms with E-state index in [1.807, 2.05) is 24.3 Å². The van der Waals surface area contributed by atoms with Crippen LogP contribution in [-0.4, -0.2) is 25.4 Å². The van der Waals surface area contributed by atoms with Crippen LogP contribution in [0.4, 0.5) is 0 Å². The number of rotatable bonds is 6. The molecule has 118 valence electrons. The largest absolute Gasteiger partial charge is 0.491 e. The second-order valence-corrected chi connectivity index (χ2v) is 6.07. The standard InChI is InChI=1S/C18H28O3/c1-3-15-7-6-11-18(19,12-10-15)16-8-4-5-9-17(16)21-14-13-20-2/h4-5,8-9,15,19H,3,6-7,10-14H2,1-2H3. The van der Waals surface area contributed by atoms with E-state index < -0.39 is 5.60 Å². The molecule has 0 bridgehead atoms. The van der Waals surface area contributed by atoms with Crippen LogP contribution in [0.5, 0.6) is 5.75 Å². The Balaban J connectivity index is 2.15. The van der Waals surface area contributed by atoms with Gasteiger partial charge in [-0.25, -0.2) is 0 Å². The summed E-state index contributed by atoms with van der Waals surface area (Å²) >= 11 is 0. The highest BCUT2D eigenvalue weighted by Crippen LogP contribution is 2.42. The highest BCUT2D eigenvalue weighted by atomic mass is 16.5. The number of hydrogen-bond donors (Lipinski definition) is 1. The Kier molecular flexibility index (Phi) is 6.07. The molecule has 0 aliphatic heterocycles. The molecule has 2 rings (SSSR count). The minimum absolute atomic E-state index is 0.515. The molecular formula is C18H28O3. The van der Waals surface area contributed by atoms with Crippen LogP contribution < -0.4 is 4.74 Å². The van der Waals surface area contributed by atoms with Crippen LogP contribution >= 0.6 is 0 Å². The van der Waals surface area contributed by atoms with E-state index in [1.165, 1.54) is 12.8 Å². The number of benzene rings is 1. The molecule has 2 atom stereocenters. The summed E-state index contributed by atoms with van der Waals surface area (Å²) in [6.45, 7) is 3.32. The Labute approximate surface area is 128 Å². The van der Waals surface area contributed by atoms with Crippen molar-refractivity contribution in [3.05, 3.63) is 29.8 Å². The predicted octanol–water partition coefficient (Wildman–Crippen LogP) is 3.89. The van der Waals surface area contributed by atoms with Gasteiger partial charge in [0.05, 0.1) is 12.2 Å². The van der Waals surface area contributed by atoms with Gasteiger partial charge in [-0.2, -0.15) is 0 Å². The minimum atomic E-state index is -0.742. The average Bonchev–Trinajstić information content (AvgIpc) is 2.70. The third-order valence-corrected chi connectivity index (χ3v) is 4.68. The molecule has 0 saturated heterocycles. The number of hydrogen-bond acceptors (Lipinski definition) is 3. The molecule has 3 heteroatoms. The van der Waals surface area contributed by atoms with E-state index >= 15 is 0 Å². The van der Waals surface area contributed by atoms with E-state index in [0.717, 1.165) is 42.9 Å². The summed E-state index contributed by atoms with van der Waals surface area (Å²) < 4.78 is 10.8. The third-order valence-electron chi connectivity index (χ3n) is 4.68. The van der Waals surface area contributed by atoms with E-state index in [-0.39, 0.29) is 0 Å². The first kappa shape index (κ1) is 16.3. The van der Waals surface area contributed by atoms with Crippen molar-refractivity contribution in [2.24, 2.45) is 5.92 Å². The normalized spacial score (nSPS) is 26.3. The van der Waals surface area contributed by atoms with Gasteiger partial charge >= 0.3 is 0 Å². The molecule has 1 aromatic carbocycles. The van der Waals surface area contributed by atoms with Crippen molar-refractivity contribution in [3.63, 3.8) is 0 Å². The molecule has 0 amide bonds. The van der Waals surface area contributed by atoms with Crippen molar-refractivity contribution in [2.75, 3.05) is 20.3 Å². The zero-order valence-electron chi connectivity index (χ0n) is 13.3. The van der Waals surface area contributed by atoms with Crippen molar-refractivity contribution >= 4 is 0 Å². The fourth-order valence-electron chi connectivity index (χ4n) is 3.28. The quantitative estimate of drug-likeness (QED) is 0.638. The van der Waals surface area contributed by atoms with Crippen LogP contribution in [0.3, 0.4) is 0 Å². The summed E-state index contributed by atoms with van der Waals surface area (Å²) in [4.78, 5) is 0. The summed E-state index contributed by atoms with van der Waals surface area (Å²) in [5.74, 6) is 1.55. The smallest absolute Gasteiger partial charge is 0.125 e. The summed E-state index contributed by atoms with van der Waals surface area (Å²) in [5.41, 5.74) is 0.200. The van der Waals surface area contributed by atoms with Crippen LogP contribution in [0, 0.1) is 5.92 Å². The fourth-order valence-corrected chi connectivity index (χ4v) is 3.28. The summed E-state index contributed by atoms with van der Waals surface area (Å²) in [6.07, 6.45) is 6.28. The molecular weight excluding hydrogens is 264 g/mol. The Bertz CT molecular complexity index is 432. The van der Waals surface area contributed by atoms with Gasteiger partial charge < -0.3 is 14.6 Å². The maximum Gasteiger partial charge on any atom is 0.125 e. The highest BCUT2D eigenvalue weighted by Gasteiger charge is 2.34. The van der Waals surface area contributed by atoms with Crippen molar-refractivity contribution < 1.29 is 14.6 Å². The maximum absolute atomic E-state index is 11.2. The van der Waals surface area contributed by atoms with Gasteiger partial charge in [0.25, 0.3) is 0 Å². The Hall–Kier alpha value is -1.06. The molecule has 1 aliphatic rings. The van der Waals surface area contributed by atoms with Crippen molar-refractivity contribution in [2.45, 2.75) is 51.0 Å². The van der Waals surface area contributed by atoms with Crippen LogP contribution in [-0.2, 0) is 10.3 Å². The van der Waals surface area contributed by atoms with Gasteiger partial charge in [0.2, 0.25) is 0 Å². The SMILES string of the molecule is CCC1CCCC(O)(c2ccccc2OCCOC)CC1. The first-order chi connectivity index (χ1) is 10.2. The van der Waals surface area contributed by atoms with E-state index in [4.69, 9.17) is 9.47 Å². The van der Waals surface area contributed by atoms with Crippen LogP contribution in [0.1, 0.15) is 51.0 Å². The first-order valence-corrected chi connectivity index (χ1v) is 8.13. The van der Waals surface area contributed by atoms with Crippen LogP contribution in [0.25, 0.3) is 0 Å². The monoisotopic (exact) mass is 292 g/mol. The summed E-state index contributed by atoms with van der Waals surface area (Å²) in [6, 6.07) is 7.90. The molecule has 2 unspecified atom stereocenters. The Morgan fingerprint density at radius 1 is 1.19 bits per heavy atom. The lowest BCUT2D eigenvalue weighted by molar-refractivity contribution is 0.0162. The number of ether oxygens (including phenoxy) is 2. The number of methoxy groups -OCH3 is 1. The van der Waals surface area contributed by atoms with Gasteiger partial charge in [-0.05, 0) is 37.7 Å². The molecule has 3 nitrogen and oxygen atoms in total. The lowest BCUT2D eigenvalue weighted by atomic mass is 9.85. The molecule has 1 N–H and O–H groups in total. The molecule has 0 aromatic heterocycles. The molecule has 0 heterocycles. The molecule has 1 aliphatic carbocycles. The number of aliphatic hydroxyl groups is 1. The molecule has 1 fully saturated rings. The van der Waals surface area contributed by atoms with Gasteiger partial charge in [0.1, 0.15) is 12.4 Å². The molecule has 1 aromatic rings. The van der Waals surface area contributed by atoms with Gasteiger partial charge in [0, 0.05) is 12.7 Å².